The Morgan fingerprint density at radius 2 is 1.72 bits per heavy atom. The summed E-state index contributed by atoms with van der Waals surface area (Å²) in [6, 6.07) is 28.5. The van der Waals surface area contributed by atoms with Crippen molar-refractivity contribution in [1.82, 2.24) is 25.1 Å². The number of nitrogens with one attached hydrogen (secondary N) is 1. The van der Waals surface area contributed by atoms with Gasteiger partial charge >= 0.3 is 0 Å². The van der Waals surface area contributed by atoms with Crippen LogP contribution in [0.2, 0.25) is 0 Å². The van der Waals surface area contributed by atoms with Gasteiger partial charge in [-0.05, 0) is 41.6 Å². The van der Waals surface area contributed by atoms with Gasteiger partial charge in [-0.3, -0.25) is 9.59 Å². The predicted octanol–water partition coefficient (Wildman–Crippen LogP) is 6.00. The number of thioether (sulfide) groups is 1. The second-order valence-corrected chi connectivity index (χ2v) is 12.6. The highest BCUT2D eigenvalue weighted by atomic mass is 32.2. The maximum absolute atomic E-state index is 14.0. The summed E-state index contributed by atoms with van der Waals surface area (Å²) in [5, 5.41) is 20.8. The smallest absolute Gasteiger partial charge is 0.253 e. The molecule has 1 aliphatic rings. The molecule has 0 bridgehead atoms. The van der Waals surface area contributed by atoms with E-state index in [1.54, 1.807) is 42.7 Å². The number of carbonyl (C=O) groups excluding carboxylic acids is 2. The molecule has 0 radical (unpaired) electrons. The van der Waals surface area contributed by atoms with Crippen LogP contribution in [0, 0.1) is 0 Å². The fourth-order valence-corrected chi connectivity index (χ4v) is 7.02. The van der Waals surface area contributed by atoms with Crippen LogP contribution >= 0.6 is 23.1 Å². The molecule has 0 saturated heterocycles. The van der Waals surface area contributed by atoms with E-state index in [0.29, 0.717) is 41.0 Å². The van der Waals surface area contributed by atoms with Crippen molar-refractivity contribution in [2.75, 3.05) is 20.0 Å². The molecule has 2 aromatic heterocycles. The number of benzene rings is 3. The minimum atomic E-state index is -0.370. The first-order valence-electron chi connectivity index (χ1n) is 15.1. The van der Waals surface area contributed by atoms with Gasteiger partial charge in [-0.25, -0.2) is 5.01 Å². The minimum absolute atomic E-state index is 0.0872. The number of thiophene rings is 1. The van der Waals surface area contributed by atoms with Gasteiger partial charge in [0.25, 0.3) is 11.8 Å². The third-order valence-corrected chi connectivity index (χ3v) is 9.66. The maximum atomic E-state index is 14.0. The van der Waals surface area contributed by atoms with Crippen LogP contribution in [0.5, 0.6) is 11.5 Å². The zero-order valence-electron chi connectivity index (χ0n) is 26.0. The number of hydrazone groups is 1. The molecule has 3 aromatic carbocycles. The van der Waals surface area contributed by atoms with Crippen molar-refractivity contribution in [3.8, 4) is 11.5 Å². The zero-order valence-corrected chi connectivity index (χ0v) is 27.7. The van der Waals surface area contributed by atoms with Gasteiger partial charge in [0.15, 0.2) is 22.5 Å². The molecule has 3 heterocycles. The summed E-state index contributed by atoms with van der Waals surface area (Å²) >= 11 is 2.90. The first-order chi connectivity index (χ1) is 23.1. The Balaban J connectivity index is 1.23. The molecule has 1 N–H and O–H groups in total. The summed E-state index contributed by atoms with van der Waals surface area (Å²) in [4.78, 5) is 27.7. The quantitative estimate of drug-likeness (QED) is 0.154. The van der Waals surface area contributed by atoms with E-state index >= 15 is 0 Å². The highest BCUT2D eigenvalue weighted by Gasteiger charge is 2.36. The largest absolute Gasteiger partial charge is 0.493 e. The van der Waals surface area contributed by atoms with Crippen molar-refractivity contribution in [1.29, 1.82) is 0 Å². The number of aromatic nitrogens is 3. The van der Waals surface area contributed by atoms with Gasteiger partial charge in [-0.1, -0.05) is 78.5 Å². The van der Waals surface area contributed by atoms with Crippen LogP contribution in [0.15, 0.2) is 107 Å². The number of rotatable bonds is 13. The third-order valence-electron chi connectivity index (χ3n) is 7.79. The Kier molecular flexibility index (Phi) is 10.3. The molecule has 1 aliphatic heterocycles. The Hall–Kier alpha value is -4.94. The first-order valence-corrected chi connectivity index (χ1v) is 17.0. The second kappa shape index (κ2) is 15.1. The van der Waals surface area contributed by atoms with E-state index in [9.17, 15) is 9.59 Å². The molecule has 12 heteroatoms. The summed E-state index contributed by atoms with van der Waals surface area (Å²) in [7, 11) is 3.19. The lowest BCUT2D eigenvalue weighted by atomic mass is 9.99. The highest BCUT2D eigenvalue weighted by Crippen LogP contribution is 2.42. The van der Waals surface area contributed by atoms with E-state index in [4.69, 9.17) is 14.6 Å². The van der Waals surface area contributed by atoms with Gasteiger partial charge in [-0.15, -0.1) is 21.5 Å². The lowest BCUT2D eigenvalue weighted by Crippen LogP contribution is -2.29. The van der Waals surface area contributed by atoms with E-state index in [0.717, 1.165) is 28.1 Å². The molecule has 240 valence electrons. The number of methoxy groups -OCH3 is 2. The number of hydrogen-bond acceptors (Lipinski definition) is 9. The molecule has 0 aliphatic carbocycles. The topological polar surface area (TPSA) is 111 Å². The van der Waals surface area contributed by atoms with Gasteiger partial charge in [-0.2, -0.15) is 5.10 Å². The van der Waals surface area contributed by atoms with E-state index in [1.807, 2.05) is 76.7 Å². The van der Waals surface area contributed by atoms with Crippen molar-refractivity contribution in [3.05, 3.63) is 124 Å². The summed E-state index contributed by atoms with van der Waals surface area (Å²) in [6.45, 7) is 0.778. The number of hydrogen-bond donors (Lipinski definition) is 1. The van der Waals surface area contributed by atoms with Crippen molar-refractivity contribution < 1.29 is 19.1 Å². The fraction of sp³-hybridized carbons (Fsp3) is 0.229. The van der Waals surface area contributed by atoms with E-state index in [1.165, 1.54) is 11.8 Å². The average molecular weight is 667 g/mol. The molecule has 47 heavy (non-hydrogen) atoms. The number of amides is 2. The Morgan fingerprint density at radius 3 is 2.45 bits per heavy atom. The van der Waals surface area contributed by atoms with Crippen LogP contribution in [-0.4, -0.2) is 57.3 Å². The van der Waals surface area contributed by atoms with Crippen molar-refractivity contribution in [2.24, 2.45) is 5.10 Å². The van der Waals surface area contributed by atoms with E-state index in [-0.39, 0.29) is 30.2 Å². The number of aryl methyl sites for hydroxylation is 1. The van der Waals surface area contributed by atoms with Crippen LogP contribution in [0.25, 0.3) is 0 Å². The van der Waals surface area contributed by atoms with Crippen LogP contribution in [0.3, 0.4) is 0 Å². The molecule has 10 nitrogen and oxygen atoms in total. The van der Waals surface area contributed by atoms with Crippen LogP contribution in [0.1, 0.15) is 44.6 Å². The van der Waals surface area contributed by atoms with Crippen molar-refractivity contribution in [2.45, 2.75) is 37.1 Å². The average Bonchev–Trinajstić information content (AvgIpc) is 3.89. The molecule has 0 fully saturated rings. The number of carbonyl (C=O) groups is 2. The van der Waals surface area contributed by atoms with Crippen LogP contribution < -0.4 is 14.8 Å². The number of para-hydroxylation sites is 1. The Morgan fingerprint density at radius 1 is 0.936 bits per heavy atom. The van der Waals surface area contributed by atoms with Gasteiger partial charge in [0, 0.05) is 24.1 Å². The van der Waals surface area contributed by atoms with Gasteiger partial charge < -0.3 is 19.4 Å². The fourth-order valence-electron chi connectivity index (χ4n) is 5.46. The molecule has 0 spiro atoms. The van der Waals surface area contributed by atoms with Gasteiger partial charge in [0.1, 0.15) is 0 Å². The van der Waals surface area contributed by atoms with Crippen LogP contribution in [0.4, 0.5) is 0 Å². The molecule has 5 aromatic rings. The molecular weight excluding hydrogens is 633 g/mol. The SMILES string of the molecule is COc1cccc([C@H]2CC(c3cccs3)=NN2C(=O)CSc2nnc(CNC(=O)c3ccccc3)n2CCc2ccccc2)c1OC. The number of nitrogens with zero attached hydrogens (tertiary/aromatic N) is 5. The summed E-state index contributed by atoms with van der Waals surface area (Å²) in [5.74, 6) is 1.50. The molecule has 6 rings (SSSR count). The van der Waals surface area contributed by atoms with Crippen molar-refractivity contribution in [3.63, 3.8) is 0 Å². The number of ether oxygens (including phenoxy) is 2. The predicted molar refractivity (Wildman–Crippen MR) is 183 cm³/mol. The molecular formula is C35H34N6O4S2. The first kappa shape index (κ1) is 32.0. The van der Waals surface area contributed by atoms with E-state index < -0.39 is 0 Å². The molecule has 2 amide bonds. The summed E-state index contributed by atoms with van der Waals surface area (Å²) < 4.78 is 13.3. The standard InChI is InChI=1S/C35H34N6O4S2/c1-44-29-16-9-15-26(33(29)45-2)28-21-27(30-17-10-20-46-30)39-41(28)32(42)23-47-35-38-37-31(22-36-34(43)25-13-7-4-8-14-25)40(35)19-18-24-11-5-3-6-12-24/h3-17,20,28H,18-19,21-23H2,1-2H3,(H,36,43)/t28-/m1/s1. The molecule has 0 unspecified atom stereocenters. The normalized spacial score (nSPS) is 14.1. The molecule has 1 atom stereocenters. The second-order valence-electron chi connectivity index (χ2n) is 10.7. The summed E-state index contributed by atoms with van der Waals surface area (Å²) in [5.41, 5.74) is 3.40. The van der Waals surface area contributed by atoms with Gasteiger partial charge in [0.05, 0.1) is 43.1 Å². The third kappa shape index (κ3) is 7.39. The lowest BCUT2D eigenvalue weighted by Gasteiger charge is -2.24. The van der Waals surface area contributed by atoms with Crippen LogP contribution in [-0.2, 0) is 24.3 Å². The summed E-state index contributed by atoms with van der Waals surface area (Å²) in [6.07, 6.45) is 1.28. The molecule has 0 saturated carbocycles. The minimum Gasteiger partial charge on any atom is -0.493 e. The van der Waals surface area contributed by atoms with Crippen molar-refractivity contribution >= 4 is 40.6 Å². The Labute approximate surface area is 281 Å². The van der Waals surface area contributed by atoms with E-state index in [2.05, 4.69) is 27.6 Å². The maximum Gasteiger partial charge on any atom is 0.253 e. The van der Waals surface area contributed by atoms with Gasteiger partial charge in [0.2, 0.25) is 0 Å². The zero-order chi connectivity index (χ0) is 32.6. The lowest BCUT2D eigenvalue weighted by molar-refractivity contribution is -0.130. The monoisotopic (exact) mass is 666 g/mol. The Bertz CT molecular complexity index is 1840. The highest BCUT2D eigenvalue weighted by molar-refractivity contribution is 7.99.